The summed E-state index contributed by atoms with van der Waals surface area (Å²) in [7, 11) is 0. The molecular formula is C24H31N3O5. The van der Waals surface area contributed by atoms with Gasteiger partial charge in [0.1, 0.15) is 18.1 Å². The lowest BCUT2D eigenvalue weighted by Crippen LogP contribution is -2.52. The van der Waals surface area contributed by atoms with Crippen LogP contribution in [0.5, 0.6) is 5.75 Å². The van der Waals surface area contributed by atoms with Crippen LogP contribution in [0.2, 0.25) is 0 Å². The first-order chi connectivity index (χ1) is 15.5. The second kappa shape index (κ2) is 9.71. The second-order valence-electron chi connectivity index (χ2n) is 9.28. The summed E-state index contributed by atoms with van der Waals surface area (Å²) in [5, 5.41) is 15.2. The number of rotatable bonds is 8. The lowest BCUT2D eigenvalue weighted by atomic mass is 9.92. The number of nitrogens with zero attached hydrogens (tertiary/aromatic N) is 1. The SMILES string of the molecule is O=C[C@H](C[C@@H]1CCNC1=O)NC(=O)C1[C@H]2CCC[C@H]2CN1C(=O)CCc1cccc(O)c1. The van der Waals surface area contributed by atoms with Crippen molar-refractivity contribution < 1.29 is 24.3 Å². The van der Waals surface area contributed by atoms with Gasteiger partial charge in [0.15, 0.2) is 0 Å². The van der Waals surface area contributed by atoms with E-state index in [1.165, 1.54) is 0 Å². The van der Waals surface area contributed by atoms with Gasteiger partial charge in [0.05, 0.1) is 6.04 Å². The number of benzene rings is 1. The van der Waals surface area contributed by atoms with Crippen LogP contribution >= 0.6 is 0 Å². The molecule has 5 atom stereocenters. The number of phenolic OH excluding ortho intramolecular Hbond substituents is 1. The Labute approximate surface area is 187 Å². The zero-order valence-electron chi connectivity index (χ0n) is 18.2. The predicted molar refractivity (Wildman–Crippen MR) is 116 cm³/mol. The predicted octanol–water partition coefficient (Wildman–Crippen LogP) is 1.16. The van der Waals surface area contributed by atoms with E-state index in [0.717, 1.165) is 24.8 Å². The van der Waals surface area contributed by atoms with E-state index in [9.17, 15) is 24.3 Å². The van der Waals surface area contributed by atoms with Gasteiger partial charge in [-0.25, -0.2) is 0 Å². The lowest BCUT2D eigenvalue weighted by Gasteiger charge is -2.28. The Morgan fingerprint density at radius 3 is 2.84 bits per heavy atom. The number of amides is 3. The summed E-state index contributed by atoms with van der Waals surface area (Å²) >= 11 is 0. The molecule has 172 valence electrons. The fourth-order valence-electron chi connectivity index (χ4n) is 5.60. The van der Waals surface area contributed by atoms with Gasteiger partial charge in [-0.3, -0.25) is 14.4 Å². The zero-order chi connectivity index (χ0) is 22.7. The van der Waals surface area contributed by atoms with Crippen LogP contribution in [0.3, 0.4) is 0 Å². The number of hydrogen-bond donors (Lipinski definition) is 3. The van der Waals surface area contributed by atoms with E-state index in [4.69, 9.17) is 0 Å². The molecule has 2 heterocycles. The van der Waals surface area contributed by atoms with Crippen molar-refractivity contribution in [3.05, 3.63) is 29.8 Å². The van der Waals surface area contributed by atoms with Crippen LogP contribution in [-0.4, -0.2) is 59.2 Å². The summed E-state index contributed by atoms with van der Waals surface area (Å²) in [5.41, 5.74) is 0.870. The highest BCUT2D eigenvalue weighted by atomic mass is 16.3. The topological polar surface area (TPSA) is 116 Å². The first-order valence-corrected chi connectivity index (χ1v) is 11.6. The molecule has 1 unspecified atom stereocenters. The maximum Gasteiger partial charge on any atom is 0.243 e. The maximum absolute atomic E-state index is 13.2. The fraction of sp³-hybridized carbons (Fsp3) is 0.583. The largest absolute Gasteiger partial charge is 0.508 e. The van der Waals surface area contributed by atoms with Crippen LogP contribution in [0.1, 0.15) is 44.1 Å². The van der Waals surface area contributed by atoms with Gasteiger partial charge < -0.3 is 25.4 Å². The molecule has 4 rings (SSSR count). The van der Waals surface area contributed by atoms with Crippen LogP contribution in [-0.2, 0) is 25.6 Å². The highest BCUT2D eigenvalue weighted by Gasteiger charge is 2.49. The summed E-state index contributed by atoms with van der Waals surface area (Å²) in [5.74, 6) is -0.132. The maximum atomic E-state index is 13.2. The highest BCUT2D eigenvalue weighted by Crippen LogP contribution is 2.42. The Morgan fingerprint density at radius 2 is 2.12 bits per heavy atom. The number of phenols is 1. The molecule has 1 saturated carbocycles. The number of aryl methyl sites for hydroxylation is 1. The third-order valence-electron chi connectivity index (χ3n) is 7.21. The van der Waals surface area contributed by atoms with Crippen LogP contribution in [0.15, 0.2) is 24.3 Å². The average molecular weight is 442 g/mol. The third kappa shape index (κ3) is 4.79. The molecule has 1 aromatic carbocycles. The standard InChI is InChI=1S/C24H31N3O5/c28-14-18(12-16-9-10-25-23(16)31)26-24(32)22-20-6-2-4-17(20)13-27(22)21(30)8-7-15-3-1-5-19(29)11-15/h1,3,5,11,14,16-18,20,22,29H,2,4,6-10,12-13H2,(H,25,31)(H,26,32)/t16-,17-,18-,20-,22?/m0/s1. The first-order valence-electron chi connectivity index (χ1n) is 11.6. The molecule has 32 heavy (non-hydrogen) atoms. The number of carbonyl (C=O) groups excluding carboxylic acids is 4. The van der Waals surface area contributed by atoms with Crippen LogP contribution < -0.4 is 10.6 Å². The van der Waals surface area contributed by atoms with Gasteiger partial charge in [-0.15, -0.1) is 0 Å². The zero-order valence-corrected chi connectivity index (χ0v) is 18.2. The van der Waals surface area contributed by atoms with Crippen molar-refractivity contribution in [3.8, 4) is 5.75 Å². The number of hydrogen-bond acceptors (Lipinski definition) is 5. The molecule has 0 spiro atoms. The van der Waals surface area contributed by atoms with Crippen molar-refractivity contribution in [2.75, 3.05) is 13.1 Å². The Balaban J connectivity index is 1.41. The molecule has 3 aliphatic rings. The second-order valence-corrected chi connectivity index (χ2v) is 9.28. The highest BCUT2D eigenvalue weighted by molar-refractivity contribution is 5.90. The molecule has 2 saturated heterocycles. The van der Waals surface area contributed by atoms with Crippen molar-refractivity contribution in [2.45, 2.75) is 57.0 Å². The molecule has 0 bridgehead atoms. The van der Waals surface area contributed by atoms with Crippen molar-refractivity contribution >= 4 is 24.0 Å². The molecule has 3 N–H and O–H groups in total. The smallest absolute Gasteiger partial charge is 0.243 e. The van der Waals surface area contributed by atoms with Crippen LogP contribution in [0.25, 0.3) is 0 Å². The summed E-state index contributed by atoms with van der Waals surface area (Å²) in [6.07, 6.45) is 5.33. The van der Waals surface area contributed by atoms with Gasteiger partial charge >= 0.3 is 0 Å². The Bertz CT molecular complexity index is 888. The summed E-state index contributed by atoms with van der Waals surface area (Å²) < 4.78 is 0. The van der Waals surface area contributed by atoms with E-state index >= 15 is 0 Å². The van der Waals surface area contributed by atoms with Gasteiger partial charge in [-0.2, -0.15) is 0 Å². The van der Waals surface area contributed by atoms with E-state index in [1.807, 2.05) is 6.07 Å². The van der Waals surface area contributed by atoms with Crippen molar-refractivity contribution in [1.29, 1.82) is 0 Å². The first kappa shape index (κ1) is 22.3. The number of carbonyl (C=O) groups is 4. The van der Waals surface area contributed by atoms with Gasteiger partial charge in [0, 0.05) is 25.4 Å². The normalized spacial score (nSPS) is 27.6. The summed E-state index contributed by atoms with van der Waals surface area (Å²) in [4.78, 5) is 51.5. The summed E-state index contributed by atoms with van der Waals surface area (Å²) in [6, 6.07) is 5.54. The van der Waals surface area contributed by atoms with Crippen LogP contribution in [0, 0.1) is 17.8 Å². The summed E-state index contributed by atoms with van der Waals surface area (Å²) in [6.45, 7) is 1.16. The minimum Gasteiger partial charge on any atom is -0.508 e. The van der Waals surface area contributed by atoms with E-state index in [2.05, 4.69) is 10.6 Å². The molecule has 0 aromatic heterocycles. The number of aldehydes is 1. The third-order valence-corrected chi connectivity index (χ3v) is 7.21. The van der Waals surface area contributed by atoms with E-state index in [1.54, 1.807) is 23.1 Å². The average Bonchev–Trinajstić information content (AvgIpc) is 3.47. The molecule has 0 radical (unpaired) electrons. The number of aromatic hydroxyl groups is 1. The fourth-order valence-corrected chi connectivity index (χ4v) is 5.60. The van der Waals surface area contributed by atoms with Crippen molar-refractivity contribution in [2.24, 2.45) is 17.8 Å². The van der Waals surface area contributed by atoms with Crippen molar-refractivity contribution in [3.63, 3.8) is 0 Å². The Kier molecular flexibility index (Phi) is 6.77. The minimum atomic E-state index is -0.735. The molecule has 2 aliphatic heterocycles. The van der Waals surface area contributed by atoms with Gasteiger partial charge in [0.2, 0.25) is 17.7 Å². The van der Waals surface area contributed by atoms with E-state index in [-0.39, 0.29) is 48.1 Å². The van der Waals surface area contributed by atoms with E-state index in [0.29, 0.717) is 38.1 Å². The minimum absolute atomic E-state index is 0.0772. The Morgan fingerprint density at radius 1 is 1.28 bits per heavy atom. The molecule has 8 heteroatoms. The van der Waals surface area contributed by atoms with Crippen molar-refractivity contribution in [1.82, 2.24) is 15.5 Å². The van der Waals surface area contributed by atoms with Gasteiger partial charge in [-0.1, -0.05) is 18.6 Å². The number of likely N-dealkylation sites (tertiary alicyclic amines) is 1. The molecule has 1 aromatic rings. The number of fused-ring (bicyclic) bond motifs is 1. The molecular weight excluding hydrogens is 410 g/mol. The monoisotopic (exact) mass is 441 g/mol. The molecule has 3 amide bonds. The van der Waals surface area contributed by atoms with Gasteiger partial charge in [0.25, 0.3) is 0 Å². The molecule has 1 aliphatic carbocycles. The molecule has 3 fully saturated rings. The quantitative estimate of drug-likeness (QED) is 0.524. The molecule has 8 nitrogen and oxygen atoms in total. The number of nitrogens with one attached hydrogen (secondary N) is 2. The Hall–Kier alpha value is -2.90. The van der Waals surface area contributed by atoms with Crippen LogP contribution in [0.4, 0.5) is 0 Å². The van der Waals surface area contributed by atoms with E-state index < -0.39 is 12.1 Å². The van der Waals surface area contributed by atoms with Gasteiger partial charge in [-0.05, 0) is 61.6 Å². The lowest BCUT2D eigenvalue weighted by molar-refractivity contribution is -0.140.